The first kappa shape index (κ1) is 21.0. The van der Waals surface area contributed by atoms with Crippen molar-refractivity contribution in [3.05, 3.63) is 0 Å². The third kappa shape index (κ3) is 8.24. The fraction of sp³-hybridized carbons (Fsp3) is 0.938. The van der Waals surface area contributed by atoms with Gasteiger partial charge in [-0.05, 0) is 51.2 Å². The van der Waals surface area contributed by atoms with E-state index in [-0.39, 0.29) is 24.0 Å². The topological polar surface area (TPSA) is 30.9 Å². The second-order valence-corrected chi connectivity index (χ2v) is 5.99. The highest BCUT2D eigenvalue weighted by molar-refractivity contribution is 14.0. The zero-order valence-corrected chi connectivity index (χ0v) is 16.7. The van der Waals surface area contributed by atoms with E-state index in [2.05, 4.69) is 41.0 Å². The summed E-state index contributed by atoms with van der Waals surface area (Å²) in [7, 11) is 4.02. The smallest absolute Gasteiger partial charge is 0.193 e. The Morgan fingerprint density at radius 2 is 1.90 bits per heavy atom. The highest BCUT2D eigenvalue weighted by Crippen LogP contribution is 2.16. The van der Waals surface area contributed by atoms with E-state index in [4.69, 9.17) is 0 Å². The molecule has 0 bridgehead atoms. The lowest BCUT2D eigenvalue weighted by molar-refractivity contribution is 0.185. The average molecular weight is 410 g/mol. The number of halogens is 1. The predicted molar refractivity (Wildman–Crippen MR) is 104 cm³/mol. The summed E-state index contributed by atoms with van der Waals surface area (Å²) in [6.45, 7) is 10.5. The van der Waals surface area contributed by atoms with Gasteiger partial charge in [-0.2, -0.15) is 0 Å². The third-order valence-corrected chi connectivity index (χ3v) is 4.22. The Labute approximate surface area is 148 Å². The van der Waals surface area contributed by atoms with Gasteiger partial charge < -0.3 is 15.1 Å². The Balaban J connectivity index is 0.00000400. The van der Waals surface area contributed by atoms with Crippen LogP contribution in [0.3, 0.4) is 0 Å². The summed E-state index contributed by atoms with van der Waals surface area (Å²) in [6, 6.07) is 0. The van der Waals surface area contributed by atoms with Gasteiger partial charge in [-0.1, -0.05) is 20.3 Å². The number of nitrogens with zero attached hydrogens (tertiary/aromatic N) is 3. The van der Waals surface area contributed by atoms with Crippen LogP contribution in [-0.2, 0) is 0 Å². The molecule has 0 aromatic rings. The molecule has 126 valence electrons. The molecule has 0 radical (unpaired) electrons. The van der Waals surface area contributed by atoms with Gasteiger partial charge in [0.15, 0.2) is 5.96 Å². The van der Waals surface area contributed by atoms with Gasteiger partial charge in [0.2, 0.25) is 0 Å². The van der Waals surface area contributed by atoms with Crippen LogP contribution in [0.1, 0.15) is 46.0 Å². The van der Waals surface area contributed by atoms with Crippen molar-refractivity contribution in [1.29, 1.82) is 0 Å². The van der Waals surface area contributed by atoms with Crippen molar-refractivity contribution in [3.8, 4) is 0 Å². The maximum Gasteiger partial charge on any atom is 0.193 e. The molecule has 1 N–H and O–H groups in total. The fourth-order valence-corrected chi connectivity index (χ4v) is 2.85. The Hall–Kier alpha value is -0.0400. The zero-order valence-electron chi connectivity index (χ0n) is 14.4. The number of aliphatic imine (C=N–C) groups is 1. The normalized spacial score (nSPS) is 17.4. The van der Waals surface area contributed by atoms with Crippen LogP contribution in [0, 0.1) is 5.92 Å². The van der Waals surface area contributed by atoms with E-state index in [1.807, 2.05) is 7.05 Å². The summed E-state index contributed by atoms with van der Waals surface area (Å²) in [4.78, 5) is 9.23. The first-order valence-electron chi connectivity index (χ1n) is 8.35. The maximum atomic E-state index is 4.39. The lowest BCUT2D eigenvalue weighted by Crippen LogP contribution is -2.43. The van der Waals surface area contributed by atoms with Gasteiger partial charge in [0.05, 0.1) is 0 Å². The minimum Gasteiger partial charge on any atom is -0.356 e. The SMILES string of the molecule is CCCCN(C)C(=NC)NCC1CCN(CCC)CC1.I. The summed E-state index contributed by atoms with van der Waals surface area (Å²) in [5, 5.41) is 3.55. The first-order valence-corrected chi connectivity index (χ1v) is 8.35. The molecular formula is C16H35IN4. The van der Waals surface area contributed by atoms with Crippen molar-refractivity contribution in [1.82, 2.24) is 15.1 Å². The second kappa shape index (κ2) is 12.5. The van der Waals surface area contributed by atoms with E-state index in [1.54, 1.807) is 0 Å². The van der Waals surface area contributed by atoms with Gasteiger partial charge in [-0.3, -0.25) is 4.99 Å². The van der Waals surface area contributed by atoms with Crippen molar-refractivity contribution in [2.75, 3.05) is 46.8 Å². The zero-order chi connectivity index (χ0) is 14.8. The van der Waals surface area contributed by atoms with Crippen molar-refractivity contribution >= 4 is 29.9 Å². The third-order valence-electron chi connectivity index (χ3n) is 4.22. The summed E-state index contributed by atoms with van der Waals surface area (Å²) in [5.74, 6) is 1.86. The van der Waals surface area contributed by atoms with Gasteiger partial charge in [0.25, 0.3) is 0 Å². The summed E-state index contributed by atoms with van der Waals surface area (Å²) in [5.41, 5.74) is 0. The number of hydrogen-bond acceptors (Lipinski definition) is 2. The molecule has 1 aliphatic heterocycles. The minimum absolute atomic E-state index is 0. The molecule has 4 nitrogen and oxygen atoms in total. The number of hydrogen-bond donors (Lipinski definition) is 1. The predicted octanol–water partition coefficient (Wildman–Crippen LogP) is 3.03. The van der Waals surface area contributed by atoms with Crippen LogP contribution < -0.4 is 5.32 Å². The molecule has 0 saturated carbocycles. The van der Waals surface area contributed by atoms with Crippen LogP contribution in [-0.4, -0.2) is 62.6 Å². The molecule has 1 heterocycles. The maximum absolute atomic E-state index is 4.39. The van der Waals surface area contributed by atoms with Crippen molar-refractivity contribution in [2.45, 2.75) is 46.0 Å². The largest absolute Gasteiger partial charge is 0.356 e. The standard InChI is InChI=1S/C16H34N4.HI/c1-5-7-11-19(4)16(17-3)18-14-15-8-12-20(10-6-2)13-9-15;/h15H,5-14H2,1-4H3,(H,17,18);1H. The van der Waals surface area contributed by atoms with Crippen molar-refractivity contribution in [2.24, 2.45) is 10.9 Å². The highest BCUT2D eigenvalue weighted by atomic mass is 127. The van der Waals surface area contributed by atoms with E-state index in [0.717, 1.165) is 25.0 Å². The average Bonchev–Trinajstić information content (AvgIpc) is 2.47. The van der Waals surface area contributed by atoms with Gasteiger partial charge in [-0.15, -0.1) is 24.0 Å². The number of guanidine groups is 1. The van der Waals surface area contributed by atoms with Crippen LogP contribution in [0.15, 0.2) is 4.99 Å². The van der Waals surface area contributed by atoms with E-state index in [0.29, 0.717) is 0 Å². The van der Waals surface area contributed by atoms with Gasteiger partial charge >= 0.3 is 0 Å². The Morgan fingerprint density at radius 1 is 1.24 bits per heavy atom. The first-order chi connectivity index (χ1) is 9.71. The number of rotatable bonds is 7. The van der Waals surface area contributed by atoms with Gasteiger partial charge in [0.1, 0.15) is 0 Å². The summed E-state index contributed by atoms with van der Waals surface area (Å²) >= 11 is 0. The molecular weight excluding hydrogens is 375 g/mol. The number of piperidine rings is 1. The molecule has 1 aliphatic rings. The Morgan fingerprint density at radius 3 is 2.43 bits per heavy atom. The molecule has 0 aromatic heterocycles. The van der Waals surface area contributed by atoms with E-state index < -0.39 is 0 Å². The lowest BCUT2D eigenvalue weighted by atomic mass is 9.97. The van der Waals surface area contributed by atoms with E-state index >= 15 is 0 Å². The van der Waals surface area contributed by atoms with Crippen LogP contribution >= 0.6 is 24.0 Å². The fourth-order valence-electron chi connectivity index (χ4n) is 2.85. The van der Waals surface area contributed by atoms with Crippen molar-refractivity contribution < 1.29 is 0 Å². The molecule has 0 aliphatic carbocycles. The van der Waals surface area contributed by atoms with Gasteiger partial charge in [0, 0.05) is 27.2 Å². The molecule has 0 spiro atoms. The Kier molecular flexibility index (Phi) is 12.5. The molecule has 0 atom stereocenters. The molecule has 1 fully saturated rings. The van der Waals surface area contributed by atoms with E-state index in [9.17, 15) is 0 Å². The van der Waals surface area contributed by atoms with E-state index in [1.165, 1.54) is 51.7 Å². The lowest BCUT2D eigenvalue weighted by Gasteiger charge is -2.32. The quantitative estimate of drug-likeness (QED) is 0.398. The number of likely N-dealkylation sites (tertiary alicyclic amines) is 1. The van der Waals surface area contributed by atoms with Crippen LogP contribution in [0.4, 0.5) is 0 Å². The van der Waals surface area contributed by atoms with Crippen LogP contribution in [0.5, 0.6) is 0 Å². The molecule has 0 aromatic carbocycles. The summed E-state index contributed by atoms with van der Waals surface area (Å²) in [6.07, 6.45) is 6.38. The molecule has 21 heavy (non-hydrogen) atoms. The van der Waals surface area contributed by atoms with Gasteiger partial charge in [-0.25, -0.2) is 0 Å². The number of unbranched alkanes of at least 4 members (excludes halogenated alkanes) is 1. The molecule has 1 saturated heterocycles. The molecule has 5 heteroatoms. The second-order valence-electron chi connectivity index (χ2n) is 5.99. The summed E-state index contributed by atoms with van der Waals surface area (Å²) < 4.78 is 0. The monoisotopic (exact) mass is 410 g/mol. The van der Waals surface area contributed by atoms with Crippen LogP contribution in [0.2, 0.25) is 0 Å². The molecule has 1 rings (SSSR count). The minimum atomic E-state index is 0. The molecule has 0 amide bonds. The molecule has 0 unspecified atom stereocenters. The number of nitrogens with one attached hydrogen (secondary N) is 1. The Bertz CT molecular complexity index is 275. The highest BCUT2D eigenvalue weighted by Gasteiger charge is 2.19. The van der Waals surface area contributed by atoms with Crippen LogP contribution in [0.25, 0.3) is 0 Å². The van der Waals surface area contributed by atoms with Crippen molar-refractivity contribution in [3.63, 3.8) is 0 Å².